The first kappa shape index (κ1) is 88.2. The van der Waals surface area contributed by atoms with Crippen LogP contribution in [0, 0.1) is 35.5 Å². The van der Waals surface area contributed by atoms with Crippen molar-refractivity contribution in [3.63, 3.8) is 0 Å². The summed E-state index contributed by atoms with van der Waals surface area (Å²) in [4.78, 5) is 176. The minimum absolute atomic E-state index is 0.000565. The zero-order chi connectivity index (χ0) is 75.1. The van der Waals surface area contributed by atoms with E-state index in [4.69, 9.17) is 4.74 Å². The van der Waals surface area contributed by atoms with Crippen LogP contribution in [0.15, 0.2) is 12.2 Å². The Morgan fingerprint density at radius 3 is 1.49 bits per heavy atom. The summed E-state index contributed by atoms with van der Waals surface area (Å²) in [5.74, 6) is -9.11. The van der Waals surface area contributed by atoms with Crippen molar-refractivity contribution in [3.8, 4) is 0 Å². The summed E-state index contributed by atoms with van der Waals surface area (Å²) in [5.41, 5.74) is -1.04. The monoisotopic (exact) mass is 1400 g/mol. The van der Waals surface area contributed by atoms with E-state index >= 15 is 33.6 Å². The summed E-state index contributed by atoms with van der Waals surface area (Å²) < 4.78 is 5.87. The van der Waals surface area contributed by atoms with E-state index in [-0.39, 0.29) is 55.6 Å². The Morgan fingerprint density at radius 1 is 0.531 bits per heavy atom. The van der Waals surface area contributed by atoms with E-state index in [1.165, 1.54) is 118 Å². The molecular formula is C72H130N12O13S. The van der Waals surface area contributed by atoms with Crippen LogP contribution in [-0.2, 0) is 57.5 Å². The quantitative estimate of drug-likeness (QED) is 0.0703. The van der Waals surface area contributed by atoms with Gasteiger partial charge in [-0.2, -0.15) is 11.8 Å². The highest BCUT2D eigenvalue weighted by Crippen LogP contribution is 2.28. The predicted octanol–water partition coefficient (Wildman–Crippen LogP) is 5.02. The second kappa shape index (κ2) is 41.2. The summed E-state index contributed by atoms with van der Waals surface area (Å²) in [7, 11) is 11.6. The van der Waals surface area contributed by atoms with Gasteiger partial charge >= 0.3 is 0 Å². The van der Waals surface area contributed by atoms with Crippen LogP contribution in [0.1, 0.15) is 182 Å². The average molecular weight is 1400 g/mol. The first-order valence-corrected chi connectivity index (χ1v) is 36.9. The van der Waals surface area contributed by atoms with Gasteiger partial charge < -0.3 is 70.3 Å². The molecule has 2 heterocycles. The first-order valence-electron chi connectivity index (χ1n) is 35.8. The molecule has 13 atom stereocenters. The molecule has 2 saturated heterocycles. The predicted molar refractivity (Wildman–Crippen MR) is 386 cm³/mol. The maximum absolute atomic E-state index is 15.6. The third kappa shape index (κ3) is 25.3. The number of carbonyl (C=O) groups is 11. The lowest BCUT2D eigenvalue weighted by Crippen LogP contribution is -2.64. The SMILES string of the molecule is C/C=C/C[C@@H](C)[C@@H](O)[C@H]1C(=O)N[C@@H](CC)C(=O)N(C)[C@H](CSCCCN2CCCCC2)C(=O)N(C)[C@@H](CC(C)(C)OC)C(=O)N[C@@H](C(C)C)C(=O)N(C)[C@@H](CC(C)C)C(=O)N[C@@H](C)C(=O)N[C@H](C)C(=O)N(C)[C@@H](CC(C)C)C(=O)N(C)[C@@H](CC(C)C)C(=O)N(C)[C@@H](C(C)C)C(=O)N1C. The van der Waals surface area contributed by atoms with E-state index in [1.807, 2.05) is 54.5 Å². The molecule has 25 nitrogen and oxygen atoms in total. The van der Waals surface area contributed by atoms with Gasteiger partial charge in [0.1, 0.15) is 66.5 Å². The number of ether oxygens (including phenoxy) is 1. The lowest BCUT2D eigenvalue weighted by molar-refractivity contribution is -0.157. The minimum Gasteiger partial charge on any atom is -0.390 e. The number of methoxy groups -OCH3 is 1. The summed E-state index contributed by atoms with van der Waals surface area (Å²) in [6, 6.07) is -14.0. The molecule has 2 fully saturated rings. The molecule has 2 aliphatic heterocycles. The van der Waals surface area contributed by atoms with Crippen LogP contribution in [0.25, 0.3) is 0 Å². The number of piperidine rings is 1. The Hall–Kier alpha value is -5.86. The number of nitrogens with one attached hydrogen (secondary N) is 4. The van der Waals surface area contributed by atoms with E-state index in [2.05, 4.69) is 26.2 Å². The summed E-state index contributed by atoms with van der Waals surface area (Å²) in [6.07, 6.45) is 6.95. The topological polar surface area (TPSA) is 291 Å². The van der Waals surface area contributed by atoms with E-state index < -0.39 is 161 Å². The third-order valence-electron chi connectivity index (χ3n) is 19.4. The highest BCUT2D eigenvalue weighted by molar-refractivity contribution is 7.99. The molecule has 2 aliphatic rings. The number of hydrogen-bond acceptors (Lipinski definition) is 15. The number of aliphatic hydroxyl groups excluding tert-OH is 1. The van der Waals surface area contributed by atoms with E-state index in [0.29, 0.717) is 12.2 Å². The molecule has 0 aromatic heterocycles. The Balaban J connectivity index is 3.13. The average Bonchev–Trinajstić information content (AvgIpc) is 0.811. The van der Waals surface area contributed by atoms with Crippen molar-refractivity contribution < 1.29 is 62.6 Å². The fourth-order valence-electron chi connectivity index (χ4n) is 12.8. The molecule has 11 amide bonds. The third-order valence-corrected chi connectivity index (χ3v) is 20.5. The highest BCUT2D eigenvalue weighted by atomic mass is 32.2. The molecule has 0 radical (unpaired) electrons. The molecule has 2 rings (SSSR count). The zero-order valence-electron chi connectivity index (χ0n) is 64.5. The van der Waals surface area contributed by atoms with Gasteiger partial charge in [0.15, 0.2) is 0 Å². The van der Waals surface area contributed by atoms with Crippen LogP contribution >= 0.6 is 11.8 Å². The molecule has 0 aromatic rings. The molecule has 26 heteroatoms. The van der Waals surface area contributed by atoms with Crippen molar-refractivity contribution in [1.29, 1.82) is 0 Å². The van der Waals surface area contributed by atoms with Crippen molar-refractivity contribution in [1.82, 2.24) is 60.5 Å². The van der Waals surface area contributed by atoms with Crippen LogP contribution in [0.3, 0.4) is 0 Å². The second-order valence-corrected chi connectivity index (χ2v) is 31.3. The summed E-state index contributed by atoms with van der Waals surface area (Å²) in [5, 5.41) is 23.6. The Bertz CT molecular complexity index is 2670. The van der Waals surface area contributed by atoms with Crippen LogP contribution in [-0.4, -0.2) is 275 Å². The van der Waals surface area contributed by atoms with Gasteiger partial charge in [-0.25, -0.2) is 0 Å². The van der Waals surface area contributed by atoms with Gasteiger partial charge in [-0.1, -0.05) is 102 Å². The van der Waals surface area contributed by atoms with Gasteiger partial charge in [-0.3, -0.25) is 52.7 Å². The smallest absolute Gasteiger partial charge is 0.246 e. The number of amides is 11. The van der Waals surface area contributed by atoms with Crippen molar-refractivity contribution in [3.05, 3.63) is 12.2 Å². The van der Waals surface area contributed by atoms with Crippen molar-refractivity contribution in [2.45, 2.75) is 260 Å². The minimum atomic E-state index is -1.64. The number of nitrogens with zero attached hydrogens (tertiary/aromatic N) is 8. The van der Waals surface area contributed by atoms with Gasteiger partial charge in [0.2, 0.25) is 65.0 Å². The van der Waals surface area contributed by atoms with Crippen molar-refractivity contribution in [2.24, 2.45) is 35.5 Å². The van der Waals surface area contributed by atoms with Gasteiger partial charge in [0.25, 0.3) is 0 Å². The molecule has 0 bridgehead atoms. The first-order chi connectivity index (χ1) is 45.5. The number of hydrogen-bond donors (Lipinski definition) is 5. The van der Waals surface area contributed by atoms with Crippen LogP contribution in [0.4, 0.5) is 0 Å². The van der Waals surface area contributed by atoms with E-state index in [9.17, 15) is 24.3 Å². The molecule has 98 heavy (non-hydrogen) atoms. The number of likely N-dealkylation sites (N-methyl/N-ethyl adjacent to an activating group) is 7. The van der Waals surface area contributed by atoms with Gasteiger partial charge in [-0.15, -0.1) is 0 Å². The number of aliphatic hydroxyl groups is 1. The molecule has 0 spiro atoms. The largest absolute Gasteiger partial charge is 0.390 e. The van der Waals surface area contributed by atoms with Crippen LogP contribution < -0.4 is 21.3 Å². The van der Waals surface area contributed by atoms with Crippen molar-refractivity contribution in [2.75, 3.05) is 87.6 Å². The summed E-state index contributed by atoms with van der Waals surface area (Å²) in [6.45, 7) is 32.7. The van der Waals surface area contributed by atoms with E-state index in [1.54, 1.807) is 61.5 Å². The molecule has 0 aromatic carbocycles. The van der Waals surface area contributed by atoms with Gasteiger partial charge in [0, 0.05) is 68.6 Å². The molecule has 562 valence electrons. The Labute approximate surface area is 592 Å². The fraction of sp³-hybridized carbons (Fsp3) is 0.819. The Morgan fingerprint density at radius 2 is 0.990 bits per heavy atom. The molecule has 0 saturated carbocycles. The normalized spacial score (nSPS) is 26.9. The number of allylic oxidation sites excluding steroid dienone is 2. The maximum Gasteiger partial charge on any atom is 0.246 e. The number of thioether (sulfide) groups is 1. The van der Waals surface area contributed by atoms with Crippen LogP contribution in [0.5, 0.6) is 0 Å². The standard InChI is InChI=1S/C72H130N12O13S/c1-26-28-33-48(13)60(85)59-64(89)75-51(27-2)66(91)81(22)56(42-98-37-32-36-84-34-30-29-31-35-84)69(94)80(21)55(41-72(16,17)97-25)63(88)76-57(46(9)10)70(95)77(18)52(38-43(3)4)62(87)73-49(14)61(86)74-50(15)65(90)78(19)53(39-44(5)6)67(92)79(20)54(40-45(7)8)68(93)82(23)58(47(11)12)71(96)83(59)24/h26,28,43-60,85H,27,29-42H2,1-25H3,(H,73,87)(H,74,86)(H,75,89)(H,76,88)/b28-26+/t48-,49+,50-,51+,52+,53+,54+,55+,56-,57+,58+,59+,60-/m1/s1. The fourth-order valence-corrected chi connectivity index (χ4v) is 13.9. The maximum atomic E-state index is 15.6. The van der Waals surface area contributed by atoms with Gasteiger partial charge in [0.05, 0.1) is 11.7 Å². The van der Waals surface area contributed by atoms with Gasteiger partial charge in [-0.05, 0) is 147 Å². The molecular weight excluding hydrogens is 1270 g/mol. The number of rotatable bonds is 22. The molecule has 0 unspecified atom stereocenters. The van der Waals surface area contributed by atoms with Crippen LogP contribution in [0.2, 0.25) is 0 Å². The number of carbonyl (C=O) groups excluding carboxylic acids is 11. The second-order valence-electron chi connectivity index (χ2n) is 30.2. The molecule has 0 aliphatic carbocycles. The highest BCUT2D eigenvalue weighted by Gasteiger charge is 2.47. The number of likely N-dealkylation sites (tertiary alicyclic amines) is 1. The molecule has 5 N–H and O–H groups in total. The lowest BCUT2D eigenvalue weighted by atomic mass is 9.91. The van der Waals surface area contributed by atoms with Crippen molar-refractivity contribution >= 4 is 76.7 Å². The van der Waals surface area contributed by atoms with E-state index in [0.717, 1.165) is 43.8 Å². The summed E-state index contributed by atoms with van der Waals surface area (Å²) >= 11 is 1.47. The zero-order valence-corrected chi connectivity index (χ0v) is 65.3. The lowest BCUT2D eigenvalue weighted by Gasteiger charge is -2.41. The Kier molecular flexibility index (Phi) is 37.1.